The van der Waals surface area contributed by atoms with E-state index in [2.05, 4.69) is 10.3 Å². The zero-order valence-electron chi connectivity index (χ0n) is 14.7. The minimum atomic E-state index is -2.03. The van der Waals surface area contributed by atoms with Gasteiger partial charge in [-0.1, -0.05) is 36.3 Å². The van der Waals surface area contributed by atoms with Crippen LogP contribution in [0.15, 0.2) is 29.2 Å². The highest BCUT2D eigenvalue weighted by molar-refractivity contribution is 7.79. The van der Waals surface area contributed by atoms with Gasteiger partial charge in [-0.25, -0.2) is 9.19 Å². The molecule has 1 spiro atoms. The number of ketones is 1. The Labute approximate surface area is 163 Å². The van der Waals surface area contributed by atoms with Gasteiger partial charge in [0.05, 0.1) is 21.9 Å². The van der Waals surface area contributed by atoms with E-state index in [1.54, 1.807) is 12.1 Å². The molecule has 8 heteroatoms. The molecule has 1 heterocycles. The van der Waals surface area contributed by atoms with E-state index < -0.39 is 11.1 Å². The Hall–Kier alpha value is -1.90. The summed E-state index contributed by atoms with van der Waals surface area (Å²) < 4.78 is 20.0. The van der Waals surface area contributed by atoms with Crippen molar-refractivity contribution in [1.82, 2.24) is 4.98 Å². The van der Waals surface area contributed by atoms with E-state index in [0.29, 0.717) is 14.9 Å². The molecule has 0 radical (unpaired) electrons. The highest BCUT2D eigenvalue weighted by Gasteiger charge is 2.45. The van der Waals surface area contributed by atoms with Crippen LogP contribution < -0.4 is 5.32 Å². The number of nitrogens with one attached hydrogen (secondary N) is 1. The van der Waals surface area contributed by atoms with Gasteiger partial charge in [0.1, 0.15) is 0 Å². The SMILES string of the molecule is O=C(Cc1ccc(S(=O)O)cc1)Nc1nc2c(s1)C(=O)C1(CCCC1)CC2. The first-order valence-corrected chi connectivity index (χ1v) is 10.9. The number of carbonyl (C=O) groups is 2. The molecule has 1 aromatic heterocycles. The van der Waals surface area contributed by atoms with Crippen molar-refractivity contribution in [2.24, 2.45) is 5.41 Å². The molecule has 1 fully saturated rings. The third kappa shape index (κ3) is 3.61. The molecule has 1 saturated carbocycles. The topological polar surface area (TPSA) is 96.4 Å². The summed E-state index contributed by atoms with van der Waals surface area (Å²) in [7, 11) is 0. The first-order chi connectivity index (χ1) is 13.0. The van der Waals surface area contributed by atoms with E-state index in [4.69, 9.17) is 4.55 Å². The molecule has 0 saturated heterocycles. The average molecular weight is 405 g/mol. The molecular weight excluding hydrogens is 384 g/mol. The fourth-order valence-corrected chi connectivity index (χ4v) is 5.52. The third-order valence-corrected chi connectivity index (χ3v) is 7.21. The molecule has 142 valence electrons. The van der Waals surface area contributed by atoms with Crippen LogP contribution in [0, 0.1) is 5.41 Å². The molecule has 0 bridgehead atoms. The van der Waals surface area contributed by atoms with Crippen LogP contribution in [-0.2, 0) is 28.7 Å². The van der Waals surface area contributed by atoms with E-state index in [9.17, 15) is 13.8 Å². The molecule has 1 amide bonds. The van der Waals surface area contributed by atoms with Crippen LogP contribution in [-0.4, -0.2) is 25.4 Å². The third-order valence-electron chi connectivity index (χ3n) is 5.52. The number of fused-ring (bicyclic) bond motifs is 1. The maximum absolute atomic E-state index is 12.9. The Morgan fingerprint density at radius 1 is 1.22 bits per heavy atom. The van der Waals surface area contributed by atoms with Crippen LogP contribution in [0.3, 0.4) is 0 Å². The lowest BCUT2D eigenvalue weighted by molar-refractivity contribution is -0.115. The Balaban J connectivity index is 1.44. The van der Waals surface area contributed by atoms with Crippen molar-refractivity contribution in [3.63, 3.8) is 0 Å². The van der Waals surface area contributed by atoms with Gasteiger partial charge < -0.3 is 9.87 Å². The quantitative estimate of drug-likeness (QED) is 0.759. The summed E-state index contributed by atoms with van der Waals surface area (Å²) >= 11 is -0.742. The molecule has 27 heavy (non-hydrogen) atoms. The second-order valence-electron chi connectivity index (χ2n) is 7.23. The van der Waals surface area contributed by atoms with Gasteiger partial charge in [0.25, 0.3) is 0 Å². The number of carbonyl (C=O) groups excluding carboxylic acids is 2. The van der Waals surface area contributed by atoms with Crippen molar-refractivity contribution >= 4 is 39.2 Å². The lowest BCUT2D eigenvalue weighted by Gasteiger charge is -2.30. The first-order valence-electron chi connectivity index (χ1n) is 9.01. The fourth-order valence-electron chi connectivity index (χ4n) is 4.07. The lowest BCUT2D eigenvalue weighted by Crippen LogP contribution is -2.32. The molecule has 4 rings (SSSR count). The smallest absolute Gasteiger partial charge is 0.230 e. The number of aromatic nitrogens is 1. The molecule has 2 N–H and O–H groups in total. The predicted molar refractivity (Wildman–Crippen MR) is 103 cm³/mol. The number of amides is 1. The number of Topliss-reactive ketones (excluding diaryl/α,β-unsaturated/α-hetero) is 1. The molecular formula is C19H20N2O4S2. The number of aryl methyl sites for hydroxylation is 1. The standard InChI is InChI=1S/C19H20N2O4S2/c22-15(11-12-3-5-13(6-4-12)27(24)25)21-18-20-14-7-10-19(8-1-2-9-19)17(23)16(14)26-18/h3-6H,1-2,7-11H2,(H,24,25)(H,20,21,22). The molecule has 2 aliphatic carbocycles. The number of rotatable bonds is 4. The van der Waals surface area contributed by atoms with E-state index in [-0.39, 0.29) is 23.5 Å². The summed E-state index contributed by atoms with van der Waals surface area (Å²) in [6.45, 7) is 0. The first kappa shape index (κ1) is 18.5. The normalized spacial score (nSPS) is 19.1. The second kappa shape index (κ2) is 7.26. The highest BCUT2D eigenvalue weighted by Crippen LogP contribution is 2.49. The Bertz CT molecular complexity index is 914. The van der Waals surface area contributed by atoms with E-state index in [1.165, 1.54) is 23.5 Å². The van der Waals surface area contributed by atoms with Gasteiger partial charge in [-0.15, -0.1) is 0 Å². The Morgan fingerprint density at radius 3 is 2.59 bits per heavy atom. The summed E-state index contributed by atoms with van der Waals surface area (Å²) in [6.07, 6.45) is 5.99. The molecule has 1 aromatic carbocycles. The van der Waals surface area contributed by atoms with Crippen LogP contribution in [0.25, 0.3) is 0 Å². The highest BCUT2D eigenvalue weighted by atomic mass is 32.2. The fraction of sp³-hybridized carbons (Fsp3) is 0.421. The van der Waals surface area contributed by atoms with Crippen molar-refractivity contribution in [3.05, 3.63) is 40.4 Å². The van der Waals surface area contributed by atoms with Gasteiger partial charge >= 0.3 is 0 Å². The molecule has 0 aliphatic heterocycles. The monoisotopic (exact) mass is 404 g/mol. The predicted octanol–water partition coefficient (Wildman–Crippen LogP) is 3.59. The summed E-state index contributed by atoms with van der Waals surface area (Å²) in [5, 5.41) is 3.27. The van der Waals surface area contributed by atoms with Crippen LogP contribution >= 0.6 is 11.3 Å². The zero-order valence-corrected chi connectivity index (χ0v) is 16.3. The van der Waals surface area contributed by atoms with Crippen molar-refractivity contribution in [2.45, 2.75) is 49.8 Å². The second-order valence-corrected chi connectivity index (χ2v) is 9.20. The minimum absolute atomic E-state index is 0.139. The number of hydrogen-bond donors (Lipinski definition) is 2. The molecule has 2 aromatic rings. The van der Waals surface area contributed by atoms with Gasteiger partial charge in [0.2, 0.25) is 5.91 Å². The molecule has 2 aliphatic rings. The molecule has 1 atom stereocenters. The van der Waals surface area contributed by atoms with E-state index in [0.717, 1.165) is 49.8 Å². The number of nitrogens with zero attached hydrogens (tertiary/aromatic N) is 1. The lowest BCUT2D eigenvalue weighted by atomic mass is 9.73. The van der Waals surface area contributed by atoms with Crippen LogP contribution in [0.4, 0.5) is 5.13 Å². The van der Waals surface area contributed by atoms with Gasteiger partial charge in [-0.2, -0.15) is 0 Å². The largest absolute Gasteiger partial charge is 0.302 e. The van der Waals surface area contributed by atoms with E-state index >= 15 is 0 Å². The maximum atomic E-state index is 12.9. The summed E-state index contributed by atoms with van der Waals surface area (Å²) in [4.78, 5) is 30.7. The number of thiazole rings is 1. The van der Waals surface area contributed by atoms with Crippen molar-refractivity contribution in [2.75, 3.05) is 5.32 Å². The van der Waals surface area contributed by atoms with Crippen molar-refractivity contribution in [1.29, 1.82) is 0 Å². The minimum Gasteiger partial charge on any atom is -0.302 e. The van der Waals surface area contributed by atoms with Gasteiger partial charge in [0.15, 0.2) is 22.0 Å². The van der Waals surface area contributed by atoms with Crippen LogP contribution in [0.2, 0.25) is 0 Å². The molecule has 6 nitrogen and oxygen atoms in total. The van der Waals surface area contributed by atoms with Crippen molar-refractivity contribution in [3.8, 4) is 0 Å². The van der Waals surface area contributed by atoms with Gasteiger partial charge in [0, 0.05) is 5.41 Å². The van der Waals surface area contributed by atoms with Crippen LogP contribution in [0.1, 0.15) is 53.0 Å². The number of hydrogen-bond acceptors (Lipinski definition) is 5. The van der Waals surface area contributed by atoms with E-state index in [1.807, 2.05) is 0 Å². The average Bonchev–Trinajstić information content (AvgIpc) is 3.27. The molecule has 1 unspecified atom stereocenters. The maximum Gasteiger partial charge on any atom is 0.230 e. The zero-order chi connectivity index (χ0) is 19.0. The van der Waals surface area contributed by atoms with Gasteiger partial charge in [-0.3, -0.25) is 9.59 Å². The Kier molecular flexibility index (Phi) is 4.96. The van der Waals surface area contributed by atoms with Crippen LogP contribution in [0.5, 0.6) is 0 Å². The Morgan fingerprint density at radius 2 is 1.93 bits per heavy atom. The summed E-state index contributed by atoms with van der Waals surface area (Å²) in [6, 6.07) is 6.37. The van der Waals surface area contributed by atoms with Crippen molar-refractivity contribution < 1.29 is 18.4 Å². The van der Waals surface area contributed by atoms with Gasteiger partial charge in [-0.05, 0) is 43.4 Å². The summed E-state index contributed by atoms with van der Waals surface area (Å²) in [5.41, 5.74) is 1.37. The summed E-state index contributed by atoms with van der Waals surface area (Å²) in [5.74, 6) is -0.00571. The number of benzene rings is 1. The number of anilines is 1.